The van der Waals surface area contributed by atoms with Gasteiger partial charge >= 0.3 is 5.97 Å². The molecule has 0 radical (unpaired) electrons. The number of carboxylic acid groups (broad SMARTS) is 1. The van der Waals surface area contributed by atoms with E-state index in [9.17, 15) is 14.7 Å². The lowest BCUT2D eigenvalue weighted by molar-refractivity contribution is 0.0690. The first-order valence-electron chi connectivity index (χ1n) is 5.88. The van der Waals surface area contributed by atoms with E-state index in [1.54, 1.807) is 16.7 Å². The Morgan fingerprint density at radius 1 is 1.35 bits per heavy atom. The number of hydrogen-bond acceptors (Lipinski definition) is 4. The van der Waals surface area contributed by atoms with Gasteiger partial charge in [-0.2, -0.15) is 0 Å². The lowest BCUT2D eigenvalue weighted by atomic mass is 10.2. The minimum absolute atomic E-state index is 0.0263. The van der Waals surface area contributed by atoms with Crippen LogP contribution in [-0.4, -0.2) is 38.2 Å². The van der Waals surface area contributed by atoms with E-state index in [0.29, 0.717) is 18.7 Å². The van der Waals surface area contributed by atoms with Crippen molar-refractivity contribution < 1.29 is 19.8 Å². The third-order valence-corrected chi connectivity index (χ3v) is 2.62. The number of aromatic hydroxyl groups is 1. The number of hydrogen-bond donors (Lipinski definition) is 3. The van der Waals surface area contributed by atoms with Gasteiger partial charge in [-0.25, -0.2) is 9.78 Å². The molecule has 1 aromatic carbocycles. The van der Waals surface area contributed by atoms with E-state index in [-0.39, 0.29) is 17.4 Å². The first kappa shape index (κ1) is 13.6. The third-order valence-electron chi connectivity index (χ3n) is 2.62. The van der Waals surface area contributed by atoms with Crippen molar-refractivity contribution in [1.29, 1.82) is 0 Å². The fraction of sp³-hybridized carbons (Fsp3) is 0.154. The number of aromatic nitrogens is 2. The molecule has 1 aromatic heterocycles. The SMILES string of the molecule is O=C(NCCn1cnc(C(=O)O)c1)c1cccc(O)c1. The van der Waals surface area contributed by atoms with Crippen molar-refractivity contribution in [3.05, 3.63) is 48.0 Å². The number of amides is 1. The second-order valence-electron chi connectivity index (χ2n) is 4.11. The summed E-state index contributed by atoms with van der Waals surface area (Å²) in [6.07, 6.45) is 2.78. The van der Waals surface area contributed by atoms with Gasteiger partial charge in [0.2, 0.25) is 0 Å². The van der Waals surface area contributed by atoms with E-state index >= 15 is 0 Å². The highest BCUT2D eigenvalue weighted by atomic mass is 16.4. The number of carboxylic acids is 1. The minimum atomic E-state index is -1.09. The molecule has 0 spiro atoms. The molecule has 0 atom stereocenters. The van der Waals surface area contributed by atoms with Gasteiger partial charge in [0.05, 0.1) is 6.33 Å². The monoisotopic (exact) mass is 275 g/mol. The van der Waals surface area contributed by atoms with Gasteiger partial charge in [-0.3, -0.25) is 4.79 Å². The normalized spacial score (nSPS) is 10.2. The molecule has 0 aliphatic rings. The standard InChI is InChI=1S/C13H13N3O4/c17-10-3-1-2-9(6-10)12(18)14-4-5-16-7-11(13(19)20)15-8-16/h1-3,6-8,17H,4-5H2,(H,14,18)(H,19,20). The minimum Gasteiger partial charge on any atom is -0.508 e. The molecule has 3 N–H and O–H groups in total. The molecule has 0 aliphatic carbocycles. The van der Waals surface area contributed by atoms with E-state index in [4.69, 9.17) is 5.11 Å². The van der Waals surface area contributed by atoms with Gasteiger partial charge < -0.3 is 20.1 Å². The lowest BCUT2D eigenvalue weighted by Crippen LogP contribution is -2.26. The van der Waals surface area contributed by atoms with Crippen LogP contribution in [0.15, 0.2) is 36.8 Å². The molecule has 0 saturated heterocycles. The van der Waals surface area contributed by atoms with Crippen molar-refractivity contribution in [2.75, 3.05) is 6.54 Å². The number of rotatable bonds is 5. The summed E-state index contributed by atoms with van der Waals surface area (Å²) < 4.78 is 1.58. The third kappa shape index (κ3) is 3.35. The van der Waals surface area contributed by atoms with Crippen molar-refractivity contribution in [2.45, 2.75) is 6.54 Å². The summed E-state index contributed by atoms with van der Waals surface area (Å²) in [6, 6.07) is 6.03. The van der Waals surface area contributed by atoms with Crippen molar-refractivity contribution >= 4 is 11.9 Å². The number of carbonyl (C=O) groups excluding carboxylic acids is 1. The van der Waals surface area contributed by atoms with Gasteiger partial charge in [-0.1, -0.05) is 6.07 Å². The number of carbonyl (C=O) groups is 2. The fourth-order valence-electron chi connectivity index (χ4n) is 1.64. The summed E-state index contributed by atoms with van der Waals surface area (Å²) in [4.78, 5) is 26.1. The summed E-state index contributed by atoms with van der Waals surface area (Å²) in [6.45, 7) is 0.731. The highest BCUT2D eigenvalue weighted by Crippen LogP contribution is 2.10. The average molecular weight is 275 g/mol. The Morgan fingerprint density at radius 3 is 2.80 bits per heavy atom. The summed E-state index contributed by atoms with van der Waals surface area (Å²) in [5, 5.41) is 20.7. The van der Waals surface area contributed by atoms with Gasteiger partial charge in [-0.05, 0) is 18.2 Å². The maximum atomic E-state index is 11.8. The zero-order valence-electron chi connectivity index (χ0n) is 10.5. The maximum Gasteiger partial charge on any atom is 0.356 e. The van der Waals surface area contributed by atoms with Crippen LogP contribution in [0, 0.1) is 0 Å². The Labute approximate surface area is 114 Å². The lowest BCUT2D eigenvalue weighted by Gasteiger charge is -2.06. The number of nitrogens with zero attached hydrogens (tertiary/aromatic N) is 2. The Kier molecular flexibility index (Phi) is 3.99. The van der Waals surface area contributed by atoms with Crippen LogP contribution >= 0.6 is 0 Å². The quantitative estimate of drug-likeness (QED) is 0.745. The molecule has 7 nitrogen and oxygen atoms in total. The fourth-order valence-corrected chi connectivity index (χ4v) is 1.64. The van der Waals surface area contributed by atoms with Gasteiger partial charge in [0.1, 0.15) is 5.75 Å². The molecule has 20 heavy (non-hydrogen) atoms. The Hall–Kier alpha value is -2.83. The van der Waals surface area contributed by atoms with E-state index in [1.807, 2.05) is 0 Å². The molecule has 2 aromatic rings. The molecule has 0 bridgehead atoms. The largest absolute Gasteiger partial charge is 0.508 e. The zero-order chi connectivity index (χ0) is 14.5. The number of benzene rings is 1. The summed E-state index contributed by atoms with van der Waals surface area (Å²) in [5.41, 5.74) is 0.325. The average Bonchev–Trinajstić information content (AvgIpc) is 2.87. The topological polar surface area (TPSA) is 104 Å². The van der Waals surface area contributed by atoms with Crippen molar-refractivity contribution in [3.8, 4) is 5.75 Å². The molecule has 0 aliphatic heterocycles. The number of aromatic carboxylic acids is 1. The van der Waals surface area contributed by atoms with Crippen molar-refractivity contribution in [2.24, 2.45) is 0 Å². The molecule has 7 heteroatoms. The molecule has 2 rings (SSSR count). The predicted molar refractivity (Wildman–Crippen MR) is 69.6 cm³/mol. The van der Waals surface area contributed by atoms with Crippen molar-refractivity contribution in [3.63, 3.8) is 0 Å². The van der Waals surface area contributed by atoms with Gasteiger partial charge in [0.25, 0.3) is 5.91 Å². The Balaban J connectivity index is 1.86. The van der Waals surface area contributed by atoms with E-state index in [1.165, 1.54) is 24.7 Å². The molecule has 1 heterocycles. The molecule has 0 fully saturated rings. The van der Waals surface area contributed by atoms with Crippen LogP contribution < -0.4 is 5.32 Å². The molecular weight excluding hydrogens is 262 g/mol. The summed E-state index contributed by atoms with van der Waals surface area (Å²) in [5.74, 6) is -1.37. The summed E-state index contributed by atoms with van der Waals surface area (Å²) >= 11 is 0. The smallest absolute Gasteiger partial charge is 0.356 e. The van der Waals surface area contributed by atoms with Gasteiger partial charge in [-0.15, -0.1) is 0 Å². The van der Waals surface area contributed by atoms with Crippen LogP contribution in [-0.2, 0) is 6.54 Å². The van der Waals surface area contributed by atoms with E-state index in [0.717, 1.165) is 0 Å². The molecule has 104 valence electrons. The van der Waals surface area contributed by atoms with Crippen LogP contribution in [0.5, 0.6) is 5.75 Å². The zero-order valence-corrected chi connectivity index (χ0v) is 10.5. The van der Waals surface area contributed by atoms with Crippen LogP contribution in [0.2, 0.25) is 0 Å². The molecule has 0 saturated carbocycles. The maximum absolute atomic E-state index is 11.8. The van der Waals surface area contributed by atoms with Crippen LogP contribution in [0.1, 0.15) is 20.8 Å². The highest BCUT2D eigenvalue weighted by Gasteiger charge is 2.07. The Bertz CT molecular complexity index is 636. The molecule has 1 amide bonds. The molecular formula is C13H13N3O4. The van der Waals surface area contributed by atoms with Crippen LogP contribution in [0.25, 0.3) is 0 Å². The van der Waals surface area contributed by atoms with Gasteiger partial charge in [0, 0.05) is 24.8 Å². The van der Waals surface area contributed by atoms with Crippen LogP contribution in [0.4, 0.5) is 0 Å². The van der Waals surface area contributed by atoms with Gasteiger partial charge in [0.15, 0.2) is 5.69 Å². The number of phenolic OH excluding ortho intramolecular Hbond substituents is 1. The van der Waals surface area contributed by atoms with Crippen LogP contribution in [0.3, 0.4) is 0 Å². The Morgan fingerprint density at radius 2 is 2.15 bits per heavy atom. The highest BCUT2D eigenvalue weighted by molar-refractivity contribution is 5.94. The second kappa shape index (κ2) is 5.87. The number of phenols is 1. The predicted octanol–water partition coefficient (Wildman–Crippen LogP) is 0.717. The number of imidazole rings is 1. The van der Waals surface area contributed by atoms with E-state index < -0.39 is 5.97 Å². The summed E-state index contributed by atoms with van der Waals surface area (Å²) in [7, 11) is 0. The first-order valence-corrected chi connectivity index (χ1v) is 5.88. The first-order chi connectivity index (χ1) is 9.56. The second-order valence-corrected chi connectivity index (χ2v) is 4.11. The van der Waals surface area contributed by atoms with Crippen molar-refractivity contribution in [1.82, 2.24) is 14.9 Å². The van der Waals surface area contributed by atoms with E-state index in [2.05, 4.69) is 10.3 Å². The number of nitrogens with one attached hydrogen (secondary N) is 1. The molecule has 0 unspecified atom stereocenters.